The summed E-state index contributed by atoms with van der Waals surface area (Å²) in [4.78, 5) is 11.6. The third-order valence-corrected chi connectivity index (χ3v) is 5.45. The molecule has 0 aliphatic heterocycles. The van der Waals surface area contributed by atoms with Crippen LogP contribution in [0.4, 0.5) is 17.6 Å². The molecular formula is C27H28F4N4O. The van der Waals surface area contributed by atoms with Crippen LogP contribution in [0.15, 0.2) is 65.6 Å². The van der Waals surface area contributed by atoms with Gasteiger partial charge in [-0.15, -0.1) is 0 Å². The number of methoxy groups -OCH3 is 1. The average Bonchev–Trinajstić information content (AvgIpc) is 2.85. The Kier molecular flexibility index (Phi) is 8.79. The van der Waals surface area contributed by atoms with Gasteiger partial charge in [-0.1, -0.05) is 31.6 Å². The predicted octanol–water partition coefficient (Wildman–Crippen LogP) is 6.86. The molecule has 0 atom stereocenters. The molecule has 2 aromatic carbocycles. The van der Waals surface area contributed by atoms with Gasteiger partial charge in [0.2, 0.25) is 5.82 Å². The SMILES string of the molecule is CCC/C=C(C)/N=C(/NCc1cnc(C(F)(F)F)nc1)c1cc(-c2ccc(F)cc2)cc(OC)c1C. The minimum absolute atomic E-state index is 0.153. The van der Waals surface area contributed by atoms with E-state index < -0.39 is 12.0 Å². The second-order valence-electron chi connectivity index (χ2n) is 8.22. The Morgan fingerprint density at radius 3 is 2.33 bits per heavy atom. The third kappa shape index (κ3) is 6.90. The molecule has 1 aromatic heterocycles. The molecule has 0 saturated heterocycles. The van der Waals surface area contributed by atoms with Crippen molar-refractivity contribution in [1.29, 1.82) is 0 Å². The maximum atomic E-state index is 13.5. The van der Waals surface area contributed by atoms with Gasteiger partial charge in [0.1, 0.15) is 17.4 Å². The fourth-order valence-electron chi connectivity index (χ4n) is 3.50. The van der Waals surface area contributed by atoms with Crippen LogP contribution in [0.3, 0.4) is 0 Å². The van der Waals surface area contributed by atoms with Crippen molar-refractivity contribution >= 4 is 5.84 Å². The summed E-state index contributed by atoms with van der Waals surface area (Å²) in [6, 6.07) is 9.92. The molecule has 0 radical (unpaired) electrons. The molecule has 0 aliphatic rings. The average molecular weight is 501 g/mol. The third-order valence-electron chi connectivity index (χ3n) is 5.45. The summed E-state index contributed by atoms with van der Waals surface area (Å²) in [5.41, 5.74) is 4.41. The zero-order valence-electron chi connectivity index (χ0n) is 20.6. The van der Waals surface area contributed by atoms with Crippen molar-refractivity contribution in [2.75, 3.05) is 7.11 Å². The van der Waals surface area contributed by atoms with Crippen LogP contribution in [0, 0.1) is 12.7 Å². The summed E-state index contributed by atoms with van der Waals surface area (Å²) in [6.07, 6.45) is 1.51. The molecule has 0 aliphatic carbocycles. The van der Waals surface area contributed by atoms with E-state index in [1.165, 1.54) is 12.1 Å². The Labute approximate surface area is 208 Å². The number of alkyl halides is 3. The lowest BCUT2D eigenvalue weighted by molar-refractivity contribution is -0.145. The number of hydrogen-bond donors (Lipinski definition) is 1. The van der Waals surface area contributed by atoms with Gasteiger partial charge in [-0.25, -0.2) is 19.4 Å². The van der Waals surface area contributed by atoms with E-state index in [1.807, 2.05) is 32.1 Å². The second-order valence-corrected chi connectivity index (χ2v) is 8.22. The van der Waals surface area contributed by atoms with Crippen LogP contribution >= 0.6 is 0 Å². The molecule has 0 fully saturated rings. The molecule has 9 heteroatoms. The number of rotatable bonds is 8. The van der Waals surface area contributed by atoms with Gasteiger partial charge in [-0.3, -0.25) is 0 Å². The van der Waals surface area contributed by atoms with E-state index in [4.69, 9.17) is 9.73 Å². The molecule has 1 heterocycles. The largest absolute Gasteiger partial charge is 0.496 e. The maximum Gasteiger partial charge on any atom is 0.451 e. The lowest BCUT2D eigenvalue weighted by atomic mass is 9.97. The number of nitrogens with zero attached hydrogens (tertiary/aromatic N) is 3. The van der Waals surface area contributed by atoms with Gasteiger partial charge in [-0.2, -0.15) is 13.2 Å². The van der Waals surface area contributed by atoms with Crippen LogP contribution in [-0.2, 0) is 12.7 Å². The van der Waals surface area contributed by atoms with E-state index >= 15 is 0 Å². The zero-order valence-corrected chi connectivity index (χ0v) is 20.6. The number of benzene rings is 2. The smallest absolute Gasteiger partial charge is 0.451 e. The number of aromatic nitrogens is 2. The predicted molar refractivity (Wildman–Crippen MR) is 132 cm³/mol. The maximum absolute atomic E-state index is 13.5. The summed E-state index contributed by atoms with van der Waals surface area (Å²) < 4.78 is 57.5. The van der Waals surface area contributed by atoms with Gasteiger partial charge in [0.15, 0.2) is 0 Å². The lowest BCUT2D eigenvalue weighted by Gasteiger charge is -2.17. The summed E-state index contributed by atoms with van der Waals surface area (Å²) in [5.74, 6) is -0.391. The highest BCUT2D eigenvalue weighted by atomic mass is 19.4. The van der Waals surface area contributed by atoms with Crippen LogP contribution in [0.5, 0.6) is 5.75 Å². The summed E-state index contributed by atoms with van der Waals surface area (Å²) in [5, 5.41) is 3.23. The van der Waals surface area contributed by atoms with Crippen molar-refractivity contribution in [3.8, 4) is 16.9 Å². The number of ether oxygens (including phenoxy) is 1. The first-order chi connectivity index (χ1) is 17.1. The van der Waals surface area contributed by atoms with Gasteiger partial charge in [0, 0.05) is 41.3 Å². The highest BCUT2D eigenvalue weighted by molar-refractivity contribution is 6.02. The van der Waals surface area contributed by atoms with Crippen molar-refractivity contribution in [1.82, 2.24) is 15.3 Å². The van der Waals surface area contributed by atoms with Crippen molar-refractivity contribution < 1.29 is 22.3 Å². The molecule has 3 rings (SSSR count). The van der Waals surface area contributed by atoms with Crippen molar-refractivity contribution in [3.63, 3.8) is 0 Å². The topological polar surface area (TPSA) is 59.4 Å². The fourth-order valence-corrected chi connectivity index (χ4v) is 3.50. The van der Waals surface area contributed by atoms with E-state index in [2.05, 4.69) is 22.2 Å². The Bertz CT molecular complexity index is 1230. The molecule has 0 bridgehead atoms. The number of amidine groups is 1. The van der Waals surface area contributed by atoms with E-state index in [0.717, 1.165) is 53.2 Å². The molecule has 1 N–H and O–H groups in total. The minimum Gasteiger partial charge on any atom is -0.496 e. The summed E-state index contributed by atoms with van der Waals surface area (Å²) in [6.45, 7) is 6.00. The van der Waals surface area contributed by atoms with Crippen molar-refractivity contribution in [3.05, 3.63) is 88.9 Å². The van der Waals surface area contributed by atoms with E-state index in [-0.39, 0.29) is 12.4 Å². The number of unbranched alkanes of at least 4 members (excludes halogenated alkanes) is 1. The highest BCUT2D eigenvalue weighted by Crippen LogP contribution is 2.31. The monoisotopic (exact) mass is 500 g/mol. The second kappa shape index (κ2) is 11.8. The van der Waals surface area contributed by atoms with Gasteiger partial charge < -0.3 is 10.1 Å². The molecule has 3 aromatic rings. The minimum atomic E-state index is -4.60. The van der Waals surface area contributed by atoms with E-state index in [0.29, 0.717) is 17.1 Å². The number of nitrogens with one attached hydrogen (secondary N) is 1. The normalized spacial score (nSPS) is 12.6. The summed E-state index contributed by atoms with van der Waals surface area (Å²) >= 11 is 0. The molecular weight excluding hydrogens is 472 g/mol. The molecule has 36 heavy (non-hydrogen) atoms. The van der Waals surface area contributed by atoms with Gasteiger partial charge in [0.25, 0.3) is 0 Å². The molecule has 0 unspecified atom stereocenters. The Morgan fingerprint density at radius 2 is 1.75 bits per heavy atom. The number of allylic oxidation sites excluding steroid dienone is 2. The van der Waals surface area contributed by atoms with Gasteiger partial charge in [0.05, 0.1) is 7.11 Å². The molecule has 5 nitrogen and oxygen atoms in total. The quantitative estimate of drug-likeness (QED) is 0.209. The molecule has 0 amide bonds. The zero-order chi connectivity index (χ0) is 26.3. The number of hydrogen-bond acceptors (Lipinski definition) is 4. The van der Waals surface area contributed by atoms with E-state index in [9.17, 15) is 17.6 Å². The summed E-state index contributed by atoms with van der Waals surface area (Å²) in [7, 11) is 1.57. The Balaban J connectivity index is 2.03. The lowest BCUT2D eigenvalue weighted by Crippen LogP contribution is -2.26. The first-order valence-electron chi connectivity index (χ1n) is 11.4. The van der Waals surface area contributed by atoms with Crippen LogP contribution in [0.1, 0.15) is 49.2 Å². The van der Waals surface area contributed by atoms with Crippen LogP contribution in [0.25, 0.3) is 11.1 Å². The van der Waals surface area contributed by atoms with E-state index in [1.54, 1.807) is 19.2 Å². The molecule has 190 valence electrons. The first kappa shape index (κ1) is 26.8. The number of halogens is 4. The molecule has 0 spiro atoms. The van der Waals surface area contributed by atoms with Crippen LogP contribution < -0.4 is 10.1 Å². The standard InChI is InChI=1S/C27H28F4N4O/c1-5-6-7-17(2)35-25(32-14-19-15-33-26(34-16-19)27(29,30)31)23-12-21(13-24(36-4)18(23)3)20-8-10-22(28)11-9-20/h7-13,15-16H,5-6,14H2,1-4H3,(H,32,35)/b17-7+. The Hall–Kier alpha value is -3.75. The van der Waals surface area contributed by atoms with Crippen molar-refractivity contribution in [2.24, 2.45) is 4.99 Å². The first-order valence-corrected chi connectivity index (χ1v) is 11.4. The van der Waals surface area contributed by atoms with Crippen LogP contribution in [0.2, 0.25) is 0 Å². The Morgan fingerprint density at radius 1 is 1.08 bits per heavy atom. The molecule has 0 saturated carbocycles. The van der Waals surface area contributed by atoms with Gasteiger partial charge >= 0.3 is 6.18 Å². The number of aliphatic imine (C=N–C) groups is 1. The van der Waals surface area contributed by atoms with Crippen LogP contribution in [-0.4, -0.2) is 22.9 Å². The highest BCUT2D eigenvalue weighted by Gasteiger charge is 2.34. The van der Waals surface area contributed by atoms with Gasteiger partial charge in [-0.05, 0) is 55.7 Å². The fraction of sp³-hybridized carbons (Fsp3) is 0.296. The van der Waals surface area contributed by atoms with Crippen molar-refractivity contribution in [2.45, 2.75) is 46.3 Å².